The van der Waals surface area contributed by atoms with Crippen LogP contribution in [0.3, 0.4) is 0 Å². The average Bonchev–Trinajstić information content (AvgIpc) is 2.99. The number of nitrogens with zero attached hydrogens (tertiary/aromatic N) is 1. The van der Waals surface area contributed by atoms with E-state index in [0.29, 0.717) is 5.82 Å². The number of hydrogen-bond donors (Lipinski definition) is 2. The summed E-state index contributed by atoms with van der Waals surface area (Å²) < 4.78 is 0. The van der Waals surface area contributed by atoms with Crippen molar-refractivity contribution in [1.29, 1.82) is 0 Å². The molecule has 1 heterocycles. The van der Waals surface area contributed by atoms with Gasteiger partial charge in [0.2, 0.25) is 0 Å². The van der Waals surface area contributed by atoms with Gasteiger partial charge in [0, 0.05) is 12.7 Å². The number of rotatable bonds is 5. The highest BCUT2D eigenvalue weighted by Crippen LogP contribution is 2.33. The molecule has 0 saturated heterocycles. The fraction of sp³-hybridized carbons (Fsp3) is 0.545. The van der Waals surface area contributed by atoms with Gasteiger partial charge in [-0.05, 0) is 30.9 Å². The van der Waals surface area contributed by atoms with Crippen molar-refractivity contribution < 1.29 is 0 Å². The van der Waals surface area contributed by atoms with Gasteiger partial charge in [0.15, 0.2) is 0 Å². The third-order valence-electron chi connectivity index (χ3n) is 2.64. The molecule has 76 valence electrons. The summed E-state index contributed by atoms with van der Waals surface area (Å²) in [6, 6.07) is 3.87. The van der Waals surface area contributed by atoms with Gasteiger partial charge < -0.3 is 11.1 Å². The third kappa shape index (κ3) is 2.62. The van der Waals surface area contributed by atoms with Gasteiger partial charge in [-0.2, -0.15) is 0 Å². The Hall–Kier alpha value is -1.25. The van der Waals surface area contributed by atoms with Gasteiger partial charge in [-0.1, -0.05) is 12.8 Å². The molecule has 2 rings (SSSR count). The second-order valence-electron chi connectivity index (χ2n) is 3.95. The van der Waals surface area contributed by atoms with Gasteiger partial charge in [0.25, 0.3) is 0 Å². The summed E-state index contributed by atoms with van der Waals surface area (Å²) in [6.45, 7) is 1.01. The lowest BCUT2D eigenvalue weighted by Gasteiger charge is -2.07. The Labute approximate surface area is 84.7 Å². The van der Waals surface area contributed by atoms with Crippen molar-refractivity contribution in [1.82, 2.24) is 4.98 Å². The molecule has 3 N–H and O–H groups in total. The number of anilines is 2. The maximum Gasteiger partial charge on any atom is 0.146 e. The van der Waals surface area contributed by atoms with E-state index in [4.69, 9.17) is 5.73 Å². The minimum atomic E-state index is 0.596. The zero-order valence-corrected chi connectivity index (χ0v) is 8.37. The summed E-state index contributed by atoms with van der Waals surface area (Å²) in [7, 11) is 0. The minimum Gasteiger partial charge on any atom is -0.382 e. The first kappa shape index (κ1) is 9.31. The average molecular weight is 191 g/mol. The van der Waals surface area contributed by atoms with Gasteiger partial charge >= 0.3 is 0 Å². The van der Waals surface area contributed by atoms with E-state index < -0.39 is 0 Å². The smallest absolute Gasteiger partial charge is 0.146 e. The van der Waals surface area contributed by atoms with Crippen LogP contribution in [0.25, 0.3) is 0 Å². The molecule has 0 aliphatic heterocycles. The SMILES string of the molecule is Nc1ncccc1NCCCC1CC1. The molecule has 0 atom stereocenters. The van der Waals surface area contributed by atoms with Crippen molar-refractivity contribution >= 4 is 11.5 Å². The molecule has 0 aromatic carbocycles. The molecule has 0 spiro atoms. The highest BCUT2D eigenvalue weighted by molar-refractivity contribution is 5.60. The second kappa shape index (κ2) is 4.31. The summed E-state index contributed by atoms with van der Waals surface area (Å²) in [4.78, 5) is 4.02. The molecule has 0 unspecified atom stereocenters. The Bertz CT molecular complexity index is 294. The summed E-state index contributed by atoms with van der Waals surface area (Å²) in [5.74, 6) is 1.61. The van der Waals surface area contributed by atoms with E-state index >= 15 is 0 Å². The fourth-order valence-electron chi connectivity index (χ4n) is 1.59. The van der Waals surface area contributed by atoms with Crippen molar-refractivity contribution in [3.63, 3.8) is 0 Å². The number of nitrogens with one attached hydrogen (secondary N) is 1. The highest BCUT2D eigenvalue weighted by Gasteiger charge is 2.19. The maximum atomic E-state index is 5.70. The van der Waals surface area contributed by atoms with Crippen molar-refractivity contribution in [2.45, 2.75) is 25.7 Å². The van der Waals surface area contributed by atoms with Crippen molar-refractivity contribution in [2.75, 3.05) is 17.6 Å². The van der Waals surface area contributed by atoms with Crippen molar-refractivity contribution in [3.05, 3.63) is 18.3 Å². The molecule has 1 aromatic heterocycles. The first-order chi connectivity index (χ1) is 6.86. The largest absolute Gasteiger partial charge is 0.382 e. The van der Waals surface area contributed by atoms with Crippen molar-refractivity contribution in [2.24, 2.45) is 5.92 Å². The number of hydrogen-bond acceptors (Lipinski definition) is 3. The van der Waals surface area contributed by atoms with E-state index in [0.717, 1.165) is 18.2 Å². The highest BCUT2D eigenvalue weighted by atomic mass is 14.9. The van der Waals surface area contributed by atoms with Crippen LogP contribution in [0.15, 0.2) is 18.3 Å². The molecule has 1 aliphatic carbocycles. The van der Waals surface area contributed by atoms with Gasteiger partial charge in [0.1, 0.15) is 5.82 Å². The van der Waals surface area contributed by atoms with E-state index in [1.165, 1.54) is 25.7 Å². The van der Waals surface area contributed by atoms with E-state index in [-0.39, 0.29) is 0 Å². The number of nitrogen functional groups attached to an aromatic ring is 1. The summed E-state index contributed by atoms with van der Waals surface area (Å²) in [5.41, 5.74) is 6.66. The van der Waals surface area contributed by atoms with Gasteiger partial charge in [-0.25, -0.2) is 4.98 Å². The van der Waals surface area contributed by atoms with Crippen LogP contribution in [0.1, 0.15) is 25.7 Å². The molecule has 1 fully saturated rings. The lowest BCUT2D eigenvalue weighted by Crippen LogP contribution is -2.05. The van der Waals surface area contributed by atoms with Crippen LogP contribution < -0.4 is 11.1 Å². The first-order valence-electron chi connectivity index (χ1n) is 5.30. The first-order valence-corrected chi connectivity index (χ1v) is 5.30. The topological polar surface area (TPSA) is 50.9 Å². The summed E-state index contributed by atoms with van der Waals surface area (Å²) >= 11 is 0. The molecule has 1 saturated carbocycles. The Morgan fingerprint density at radius 1 is 1.50 bits per heavy atom. The molecule has 1 aliphatic rings. The zero-order valence-electron chi connectivity index (χ0n) is 8.37. The Kier molecular flexibility index (Phi) is 2.87. The number of pyridine rings is 1. The zero-order chi connectivity index (χ0) is 9.80. The van der Waals surface area contributed by atoms with Crippen LogP contribution in [0.5, 0.6) is 0 Å². The number of nitrogens with two attached hydrogens (primary N) is 1. The van der Waals surface area contributed by atoms with Crippen LogP contribution in [-0.4, -0.2) is 11.5 Å². The summed E-state index contributed by atoms with van der Waals surface area (Å²) in [6.07, 6.45) is 7.18. The van der Waals surface area contributed by atoms with Crippen molar-refractivity contribution in [3.8, 4) is 0 Å². The van der Waals surface area contributed by atoms with E-state index in [1.54, 1.807) is 6.20 Å². The Balaban J connectivity index is 1.71. The molecule has 1 aromatic rings. The molecule has 0 amide bonds. The van der Waals surface area contributed by atoms with Gasteiger partial charge in [-0.3, -0.25) is 0 Å². The van der Waals surface area contributed by atoms with Crippen LogP contribution >= 0.6 is 0 Å². The predicted octanol–water partition coefficient (Wildman–Crippen LogP) is 2.27. The molecule has 14 heavy (non-hydrogen) atoms. The lowest BCUT2D eigenvalue weighted by atomic mass is 10.2. The second-order valence-corrected chi connectivity index (χ2v) is 3.95. The lowest BCUT2D eigenvalue weighted by molar-refractivity contribution is 0.687. The molecule has 3 nitrogen and oxygen atoms in total. The molecule has 0 radical (unpaired) electrons. The van der Waals surface area contributed by atoms with E-state index in [9.17, 15) is 0 Å². The molecular weight excluding hydrogens is 174 g/mol. The predicted molar refractivity (Wildman–Crippen MR) is 59.1 cm³/mol. The van der Waals surface area contributed by atoms with E-state index in [2.05, 4.69) is 10.3 Å². The van der Waals surface area contributed by atoms with Crippen LogP contribution in [0, 0.1) is 5.92 Å². The van der Waals surface area contributed by atoms with Crippen LogP contribution in [-0.2, 0) is 0 Å². The quantitative estimate of drug-likeness (QED) is 0.702. The standard InChI is InChI=1S/C11H17N3/c12-11-10(4-2-8-14-11)13-7-1-3-9-5-6-9/h2,4,8-9,13H,1,3,5-7H2,(H2,12,14). The van der Waals surface area contributed by atoms with Crippen LogP contribution in [0.2, 0.25) is 0 Å². The van der Waals surface area contributed by atoms with Crippen LogP contribution in [0.4, 0.5) is 11.5 Å². The normalized spacial score (nSPS) is 15.4. The monoisotopic (exact) mass is 191 g/mol. The number of aromatic nitrogens is 1. The van der Waals surface area contributed by atoms with Gasteiger partial charge in [-0.15, -0.1) is 0 Å². The Morgan fingerprint density at radius 3 is 3.07 bits per heavy atom. The molecule has 0 bridgehead atoms. The third-order valence-corrected chi connectivity index (χ3v) is 2.64. The fourth-order valence-corrected chi connectivity index (χ4v) is 1.59. The molecular formula is C11H17N3. The maximum absolute atomic E-state index is 5.70. The molecule has 3 heteroatoms. The minimum absolute atomic E-state index is 0.596. The van der Waals surface area contributed by atoms with E-state index in [1.807, 2.05) is 12.1 Å². The van der Waals surface area contributed by atoms with Gasteiger partial charge in [0.05, 0.1) is 5.69 Å². The Morgan fingerprint density at radius 2 is 2.36 bits per heavy atom. The summed E-state index contributed by atoms with van der Waals surface area (Å²) in [5, 5.41) is 3.31.